The number of rotatable bonds is 12. The van der Waals surface area contributed by atoms with Crippen molar-refractivity contribution in [2.45, 2.75) is 71.3 Å². The molecule has 0 saturated carbocycles. The number of nitrogens with one attached hydrogen (secondary N) is 3. The van der Waals surface area contributed by atoms with Crippen LogP contribution in [-0.2, 0) is 19.2 Å². The minimum atomic E-state index is -1.33. The van der Waals surface area contributed by atoms with E-state index in [4.69, 9.17) is 10.8 Å². The molecule has 29 heavy (non-hydrogen) atoms. The zero-order valence-corrected chi connectivity index (χ0v) is 18.4. The Morgan fingerprint density at radius 2 is 1.41 bits per heavy atom. The van der Waals surface area contributed by atoms with Crippen LogP contribution in [0.15, 0.2) is 0 Å². The number of aliphatic carboxylic acids is 1. The molecular weight excluding hydrogens is 400 g/mol. The summed E-state index contributed by atoms with van der Waals surface area (Å²) in [4.78, 5) is 48.6. The highest BCUT2D eigenvalue weighted by atomic mass is 32.1. The van der Waals surface area contributed by atoms with E-state index < -0.39 is 54.0 Å². The second kappa shape index (κ2) is 12.7. The van der Waals surface area contributed by atoms with Crippen LogP contribution in [-0.4, -0.2) is 69.9 Å². The normalized spacial score (nSPS) is 17.4. The van der Waals surface area contributed by atoms with E-state index in [2.05, 4.69) is 28.6 Å². The Morgan fingerprint density at radius 3 is 1.79 bits per heavy atom. The molecule has 0 heterocycles. The molecular formula is C18H34N4O6S. The Labute approximate surface area is 176 Å². The van der Waals surface area contributed by atoms with Gasteiger partial charge in [0.25, 0.3) is 0 Å². The van der Waals surface area contributed by atoms with Gasteiger partial charge in [0.15, 0.2) is 0 Å². The molecule has 0 bridgehead atoms. The van der Waals surface area contributed by atoms with Gasteiger partial charge in [-0.1, -0.05) is 34.1 Å². The highest BCUT2D eigenvalue weighted by Gasteiger charge is 2.34. The second-order valence-electron chi connectivity index (χ2n) is 7.45. The zero-order chi connectivity index (χ0) is 22.9. The number of aliphatic hydroxyl groups excluding tert-OH is 1. The summed E-state index contributed by atoms with van der Waals surface area (Å²) >= 11 is 3.90. The summed E-state index contributed by atoms with van der Waals surface area (Å²) in [6.45, 7) is 8.33. The number of carbonyl (C=O) groups excluding carboxylic acids is 3. The number of aliphatic hydroxyl groups is 1. The molecule has 11 heteroatoms. The van der Waals surface area contributed by atoms with Crippen molar-refractivity contribution in [3.63, 3.8) is 0 Å². The molecule has 0 radical (unpaired) electrons. The third kappa shape index (κ3) is 8.58. The number of hydrogen-bond donors (Lipinski definition) is 7. The summed E-state index contributed by atoms with van der Waals surface area (Å²) in [6.07, 6.45) is -0.732. The van der Waals surface area contributed by atoms with Crippen LogP contribution < -0.4 is 21.7 Å². The van der Waals surface area contributed by atoms with Crippen molar-refractivity contribution < 1.29 is 29.4 Å². The Balaban J connectivity index is 5.42. The maximum atomic E-state index is 12.7. The van der Waals surface area contributed by atoms with E-state index in [-0.39, 0.29) is 17.6 Å². The average molecular weight is 435 g/mol. The average Bonchev–Trinajstić information content (AvgIpc) is 2.65. The Hall–Kier alpha value is -1.85. The van der Waals surface area contributed by atoms with Crippen LogP contribution in [0.3, 0.4) is 0 Å². The van der Waals surface area contributed by atoms with Gasteiger partial charge in [-0.2, -0.15) is 12.6 Å². The van der Waals surface area contributed by atoms with E-state index in [9.17, 15) is 24.3 Å². The van der Waals surface area contributed by atoms with Crippen molar-refractivity contribution in [3.8, 4) is 0 Å². The van der Waals surface area contributed by atoms with Gasteiger partial charge in [-0.25, -0.2) is 4.79 Å². The highest BCUT2D eigenvalue weighted by Crippen LogP contribution is 2.10. The van der Waals surface area contributed by atoms with Crippen molar-refractivity contribution >= 4 is 36.3 Å². The number of carboxylic acids is 1. The fourth-order valence-electron chi connectivity index (χ4n) is 2.35. The molecule has 0 aromatic heterocycles. The molecule has 0 aromatic carbocycles. The van der Waals surface area contributed by atoms with Gasteiger partial charge in [0.05, 0.1) is 12.1 Å². The Bertz CT molecular complexity index is 587. The summed E-state index contributed by atoms with van der Waals surface area (Å²) in [7, 11) is 0. The molecule has 0 spiro atoms. The summed E-state index contributed by atoms with van der Waals surface area (Å²) in [5.41, 5.74) is 5.77. The van der Waals surface area contributed by atoms with E-state index in [1.807, 2.05) is 0 Å². The van der Waals surface area contributed by atoms with E-state index in [0.717, 1.165) is 0 Å². The van der Waals surface area contributed by atoms with Gasteiger partial charge in [-0.15, -0.1) is 0 Å². The van der Waals surface area contributed by atoms with Crippen molar-refractivity contribution in [2.75, 3.05) is 5.75 Å². The third-order valence-electron chi connectivity index (χ3n) is 4.67. The number of thiol groups is 1. The first-order valence-electron chi connectivity index (χ1n) is 9.55. The molecule has 7 N–H and O–H groups in total. The van der Waals surface area contributed by atoms with Crippen LogP contribution in [0.4, 0.5) is 0 Å². The molecule has 0 aliphatic heterocycles. The van der Waals surface area contributed by atoms with Crippen molar-refractivity contribution in [3.05, 3.63) is 0 Å². The lowest BCUT2D eigenvalue weighted by atomic mass is 9.97. The first-order valence-corrected chi connectivity index (χ1v) is 10.2. The van der Waals surface area contributed by atoms with Crippen molar-refractivity contribution in [2.24, 2.45) is 17.6 Å². The summed E-state index contributed by atoms with van der Waals surface area (Å²) in [6, 6.07) is -4.48. The largest absolute Gasteiger partial charge is 0.480 e. The van der Waals surface area contributed by atoms with E-state index in [0.29, 0.717) is 6.42 Å². The SMILES string of the molecule is CCC(C)C(NC(=O)C(NC(=O)C(N)C(C)C)C(C)O)C(=O)NC(CS)C(=O)O. The van der Waals surface area contributed by atoms with Gasteiger partial charge in [-0.3, -0.25) is 14.4 Å². The molecule has 0 aromatic rings. The maximum Gasteiger partial charge on any atom is 0.327 e. The molecule has 0 aliphatic carbocycles. The number of carbonyl (C=O) groups is 4. The predicted octanol–water partition coefficient (Wildman–Crippen LogP) is -1.13. The monoisotopic (exact) mass is 434 g/mol. The van der Waals surface area contributed by atoms with Gasteiger partial charge >= 0.3 is 5.97 Å². The topological polar surface area (TPSA) is 171 Å². The maximum absolute atomic E-state index is 12.7. The number of hydrogen-bond acceptors (Lipinski definition) is 7. The summed E-state index contributed by atoms with van der Waals surface area (Å²) in [5, 5.41) is 26.3. The van der Waals surface area contributed by atoms with Crippen LogP contribution in [0.5, 0.6) is 0 Å². The molecule has 6 unspecified atom stereocenters. The molecule has 0 rings (SSSR count). The minimum absolute atomic E-state index is 0.123. The van der Waals surface area contributed by atoms with Crippen molar-refractivity contribution in [1.82, 2.24) is 16.0 Å². The second-order valence-corrected chi connectivity index (χ2v) is 7.82. The minimum Gasteiger partial charge on any atom is -0.480 e. The third-order valence-corrected chi connectivity index (χ3v) is 5.04. The van der Waals surface area contributed by atoms with Crippen molar-refractivity contribution in [1.29, 1.82) is 0 Å². The number of carboxylic acid groups (broad SMARTS) is 1. The molecule has 0 saturated heterocycles. The molecule has 6 atom stereocenters. The fraction of sp³-hybridized carbons (Fsp3) is 0.778. The predicted molar refractivity (Wildman–Crippen MR) is 111 cm³/mol. The lowest BCUT2D eigenvalue weighted by molar-refractivity contribution is -0.142. The molecule has 0 aliphatic rings. The Kier molecular flexibility index (Phi) is 11.8. The smallest absolute Gasteiger partial charge is 0.327 e. The van der Waals surface area contributed by atoms with E-state index in [1.165, 1.54) is 6.92 Å². The number of amides is 3. The summed E-state index contributed by atoms with van der Waals surface area (Å²) < 4.78 is 0. The van der Waals surface area contributed by atoms with Crippen LogP contribution >= 0.6 is 12.6 Å². The van der Waals surface area contributed by atoms with Gasteiger partial charge < -0.3 is 31.9 Å². The standard InChI is InChI=1S/C18H34N4O6S/c1-6-9(4)13(16(25)20-11(7-29)18(27)28)21-17(26)14(10(5)23)22-15(24)12(19)8(2)3/h8-14,23,29H,6-7,19H2,1-5H3,(H,20,25)(H,21,26)(H,22,24)(H,27,28). The van der Waals surface area contributed by atoms with Crippen LogP contribution in [0.2, 0.25) is 0 Å². The molecule has 168 valence electrons. The number of nitrogens with two attached hydrogens (primary N) is 1. The van der Waals surface area contributed by atoms with Crippen LogP contribution in [0.1, 0.15) is 41.0 Å². The fourth-order valence-corrected chi connectivity index (χ4v) is 2.60. The van der Waals surface area contributed by atoms with Gasteiger partial charge in [0.2, 0.25) is 17.7 Å². The van der Waals surface area contributed by atoms with Crippen LogP contribution in [0, 0.1) is 11.8 Å². The van der Waals surface area contributed by atoms with E-state index >= 15 is 0 Å². The molecule has 10 nitrogen and oxygen atoms in total. The quantitative estimate of drug-likeness (QED) is 0.190. The van der Waals surface area contributed by atoms with Gasteiger partial charge in [0, 0.05) is 5.75 Å². The molecule has 3 amide bonds. The Morgan fingerprint density at radius 1 is 0.931 bits per heavy atom. The highest BCUT2D eigenvalue weighted by molar-refractivity contribution is 7.80. The first-order chi connectivity index (χ1) is 13.4. The molecule has 0 fully saturated rings. The lowest BCUT2D eigenvalue weighted by Gasteiger charge is -2.29. The van der Waals surface area contributed by atoms with Gasteiger partial charge in [0.1, 0.15) is 18.1 Å². The zero-order valence-electron chi connectivity index (χ0n) is 17.5. The first kappa shape index (κ1) is 27.1. The van der Waals surface area contributed by atoms with Gasteiger partial charge in [-0.05, 0) is 18.8 Å². The summed E-state index contributed by atoms with van der Waals surface area (Å²) in [5.74, 6) is -3.96. The lowest BCUT2D eigenvalue weighted by Crippen LogP contribution is -2.61. The van der Waals surface area contributed by atoms with Crippen LogP contribution in [0.25, 0.3) is 0 Å². The van der Waals surface area contributed by atoms with E-state index in [1.54, 1.807) is 27.7 Å².